The smallest absolute Gasteiger partial charge is 0.0134 e. The van der Waals surface area contributed by atoms with Gasteiger partial charge < -0.3 is 11.5 Å². The van der Waals surface area contributed by atoms with Gasteiger partial charge in [0.2, 0.25) is 0 Å². The first-order chi connectivity index (χ1) is 4.93. The van der Waals surface area contributed by atoms with E-state index in [1.807, 2.05) is 6.08 Å². The molecule has 0 aromatic rings. The quantitative estimate of drug-likeness (QED) is 0.616. The Morgan fingerprint density at radius 3 is 2.45 bits per heavy atom. The van der Waals surface area contributed by atoms with Crippen LogP contribution in [-0.2, 0) is 0 Å². The molecule has 0 aromatic heterocycles. The van der Waals surface area contributed by atoms with E-state index in [4.69, 9.17) is 0 Å². The number of rotatable bonds is 3. The second-order valence-electron chi connectivity index (χ2n) is 3.03. The Hall–Kier alpha value is -0.340. The van der Waals surface area contributed by atoms with Crippen molar-refractivity contribution in [2.24, 2.45) is 0 Å². The number of hydrogen-bond acceptors (Lipinski definition) is 2. The van der Waals surface area contributed by atoms with Crippen LogP contribution in [-0.4, -0.2) is 12.6 Å². The molecule has 0 bridgehead atoms. The molecule has 0 aliphatic heterocycles. The standard InChI is InChI=1S/C9H17N.H3N/c1-2-8-10-9-6-4-3-5-7-9;/h2,9-10H,1,3-8H2;1H3. The summed E-state index contributed by atoms with van der Waals surface area (Å²) in [6.45, 7) is 4.66. The fourth-order valence-corrected chi connectivity index (χ4v) is 1.56. The first kappa shape index (κ1) is 10.7. The molecule has 1 fully saturated rings. The summed E-state index contributed by atoms with van der Waals surface area (Å²) < 4.78 is 0. The molecule has 0 radical (unpaired) electrons. The molecular weight excluding hydrogens is 136 g/mol. The zero-order chi connectivity index (χ0) is 7.23. The summed E-state index contributed by atoms with van der Waals surface area (Å²) in [4.78, 5) is 0. The second kappa shape index (κ2) is 6.38. The summed E-state index contributed by atoms with van der Waals surface area (Å²) in [5.41, 5.74) is 0. The Kier molecular flexibility index (Phi) is 6.18. The first-order valence-corrected chi connectivity index (χ1v) is 4.28. The predicted octanol–water partition coefficient (Wildman–Crippen LogP) is 2.26. The van der Waals surface area contributed by atoms with E-state index in [9.17, 15) is 0 Å². The van der Waals surface area contributed by atoms with Gasteiger partial charge >= 0.3 is 0 Å². The van der Waals surface area contributed by atoms with Crippen molar-refractivity contribution in [3.63, 3.8) is 0 Å². The van der Waals surface area contributed by atoms with E-state index in [1.54, 1.807) is 0 Å². The van der Waals surface area contributed by atoms with E-state index >= 15 is 0 Å². The zero-order valence-electron chi connectivity index (χ0n) is 7.31. The van der Waals surface area contributed by atoms with Crippen LogP contribution in [0, 0.1) is 0 Å². The molecule has 1 saturated carbocycles. The van der Waals surface area contributed by atoms with Crippen molar-refractivity contribution in [3.8, 4) is 0 Å². The monoisotopic (exact) mass is 156 g/mol. The maximum absolute atomic E-state index is 3.68. The number of nitrogens with one attached hydrogen (secondary N) is 1. The lowest BCUT2D eigenvalue weighted by Gasteiger charge is -2.21. The average Bonchev–Trinajstić information content (AvgIpc) is 2.03. The molecule has 1 rings (SSSR count). The van der Waals surface area contributed by atoms with Crippen molar-refractivity contribution in [1.29, 1.82) is 0 Å². The Balaban J connectivity index is 0.000001000. The zero-order valence-corrected chi connectivity index (χ0v) is 7.31. The fraction of sp³-hybridized carbons (Fsp3) is 0.778. The van der Waals surface area contributed by atoms with E-state index in [2.05, 4.69) is 11.9 Å². The lowest BCUT2D eigenvalue weighted by Crippen LogP contribution is -2.30. The summed E-state index contributed by atoms with van der Waals surface area (Å²) in [7, 11) is 0. The SMILES string of the molecule is C=CCNC1CCCCC1.N. The minimum absolute atomic E-state index is 0. The lowest BCUT2D eigenvalue weighted by molar-refractivity contribution is 0.385. The molecule has 0 heterocycles. The van der Waals surface area contributed by atoms with Gasteiger partial charge in [-0.15, -0.1) is 6.58 Å². The maximum atomic E-state index is 3.68. The molecule has 0 aromatic carbocycles. The van der Waals surface area contributed by atoms with E-state index < -0.39 is 0 Å². The van der Waals surface area contributed by atoms with Crippen LogP contribution in [0.25, 0.3) is 0 Å². The summed E-state index contributed by atoms with van der Waals surface area (Å²) in [5.74, 6) is 0. The summed E-state index contributed by atoms with van der Waals surface area (Å²) in [6.07, 6.45) is 8.94. The van der Waals surface area contributed by atoms with Crippen molar-refractivity contribution in [3.05, 3.63) is 12.7 Å². The van der Waals surface area contributed by atoms with Gasteiger partial charge in [-0.3, -0.25) is 0 Å². The normalized spacial score (nSPS) is 18.9. The minimum Gasteiger partial charge on any atom is -0.344 e. The molecule has 66 valence electrons. The molecule has 0 unspecified atom stereocenters. The van der Waals surface area contributed by atoms with Gasteiger partial charge in [0.1, 0.15) is 0 Å². The third-order valence-electron chi connectivity index (χ3n) is 2.16. The molecule has 1 aliphatic carbocycles. The summed E-state index contributed by atoms with van der Waals surface area (Å²) in [5, 5.41) is 3.45. The van der Waals surface area contributed by atoms with Crippen LogP contribution in [0.1, 0.15) is 32.1 Å². The molecule has 11 heavy (non-hydrogen) atoms. The van der Waals surface area contributed by atoms with Crippen molar-refractivity contribution >= 4 is 0 Å². The highest BCUT2D eigenvalue weighted by molar-refractivity contribution is 4.77. The van der Waals surface area contributed by atoms with Gasteiger partial charge in [-0.1, -0.05) is 25.3 Å². The van der Waals surface area contributed by atoms with Crippen LogP contribution in [0.15, 0.2) is 12.7 Å². The molecule has 0 atom stereocenters. The van der Waals surface area contributed by atoms with Gasteiger partial charge in [0.25, 0.3) is 0 Å². The van der Waals surface area contributed by atoms with E-state index in [1.165, 1.54) is 32.1 Å². The highest BCUT2D eigenvalue weighted by atomic mass is 14.9. The number of hydrogen-bond donors (Lipinski definition) is 2. The van der Waals surface area contributed by atoms with Crippen LogP contribution >= 0.6 is 0 Å². The van der Waals surface area contributed by atoms with E-state index in [0.717, 1.165) is 12.6 Å². The third kappa shape index (κ3) is 4.17. The van der Waals surface area contributed by atoms with Gasteiger partial charge in [-0.2, -0.15) is 0 Å². The van der Waals surface area contributed by atoms with Gasteiger partial charge in [-0.25, -0.2) is 0 Å². The molecule has 0 amide bonds. The van der Waals surface area contributed by atoms with Gasteiger partial charge in [0.15, 0.2) is 0 Å². The van der Waals surface area contributed by atoms with Crippen molar-refractivity contribution in [2.45, 2.75) is 38.1 Å². The summed E-state index contributed by atoms with van der Waals surface area (Å²) in [6, 6.07) is 0.784. The second-order valence-corrected chi connectivity index (χ2v) is 3.03. The molecular formula is C9H20N2. The highest BCUT2D eigenvalue weighted by Crippen LogP contribution is 2.16. The Labute approximate surface area is 69.6 Å². The minimum atomic E-state index is 0. The molecule has 1 aliphatic rings. The van der Waals surface area contributed by atoms with Crippen LogP contribution in [0.3, 0.4) is 0 Å². The largest absolute Gasteiger partial charge is 0.344 e. The lowest BCUT2D eigenvalue weighted by atomic mass is 9.96. The van der Waals surface area contributed by atoms with Gasteiger partial charge in [-0.05, 0) is 12.8 Å². The molecule has 4 N–H and O–H groups in total. The van der Waals surface area contributed by atoms with Crippen molar-refractivity contribution in [2.75, 3.05) is 6.54 Å². The van der Waals surface area contributed by atoms with Crippen LogP contribution < -0.4 is 11.5 Å². The van der Waals surface area contributed by atoms with Crippen LogP contribution in [0.2, 0.25) is 0 Å². The third-order valence-corrected chi connectivity index (χ3v) is 2.16. The highest BCUT2D eigenvalue weighted by Gasteiger charge is 2.10. The van der Waals surface area contributed by atoms with Crippen LogP contribution in [0.5, 0.6) is 0 Å². The van der Waals surface area contributed by atoms with Crippen molar-refractivity contribution in [1.82, 2.24) is 11.5 Å². The Morgan fingerprint density at radius 1 is 1.27 bits per heavy atom. The Morgan fingerprint density at radius 2 is 1.91 bits per heavy atom. The molecule has 2 heteroatoms. The molecule has 0 spiro atoms. The van der Waals surface area contributed by atoms with Gasteiger partial charge in [0, 0.05) is 12.6 Å². The van der Waals surface area contributed by atoms with Crippen molar-refractivity contribution < 1.29 is 0 Å². The van der Waals surface area contributed by atoms with Crippen LogP contribution in [0.4, 0.5) is 0 Å². The predicted molar refractivity (Wildman–Crippen MR) is 50.1 cm³/mol. The van der Waals surface area contributed by atoms with Gasteiger partial charge in [0.05, 0.1) is 0 Å². The summed E-state index contributed by atoms with van der Waals surface area (Å²) >= 11 is 0. The topological polar surface area (TPSA) is 47.0 Å². The maximum Gasteiger partial charge on any atom is 0.0134 e. The Bertz CT molecular complexity index is 95.7. The fourth-order valence-electron chi connectivity index (χ4n) is 1.56. The molecule has 2 nitrogen and oxygen atoms in total. The first-order valence-electron chi connectivity index (χ1n) is 4.28. The molecule has 0 saturated heterocycles. The average molecular weight is 156 g/mol. The van der Waals surface area contributed by atoms with E-state index in [-0.39, 0.29) is 6.15 Å². The van der Waals surface area contributed by atoms with E-state index in [0.29, 0.717) is 0 Å².